The molecule has 0 aromatic carbocycles. The minimum absolute atomic E-state index is 0.339. The zero-order valence-corrected chi connectivity index (χ0v) is 9.78. The van der Waals surface area contributed by atoms with Gasteiger partial charge >= 0.3 is 0 Å². The summed E-state index contributed by atoms with van der Waals surface area (Å²) in [7, 11) is -4.11. The van der Waals surface area contributed by atoms with Crippen LogP contribution in [0.3, 0.4) is 0 Å². The highest BCUT2D eigenvalue weighted by atomic mass is 31.2. The summed E-state index contributed by atoms with van der Waals surface area (Å²) in [4.78, 5) is 31.2. The van der Waals surface area contributed by atoms with Crippen LogP contribution in [0.2, 0.25) is 0 Å². The SMILES string of the molecule is COCC(O)[C@@H](O)[C@@H](O)C(=O)COP(=O)([O-])[O-]. The maximum absolute atomic E-state index is 11.1. The van der Waals surface area contributed by atoms with Gasteiger partial charge in [-0.15, -0.1) is 0 Å². The molecule has 3 atom stereocenters. The molecule has 0 aliphatic carbocycles. The normalized spacial score (nSPS) is 17.5. The molecule has 1 unspecified atom stereocenters. The van der Waals surface area contributed by atoms with Crippen LogP contribution in [0.15, 0.2) is 0 Å². The van der Waals surface area contributed by atoms with E-state index in [-0.39, 0.29) is 6.61 Å². The highest BCUT2D eigenvalue weighted by Crippen LogP contribution is 2.24. The van der Waals surface area contributed by atoms with E-state index in [0.717, 1.165) is 0 Å². The van der Waals surface area contributed by atoms with Gasteiger partial charge in [0.15, 0.2) is 5.78 Å². The Morgan fingerprint density at radius 2 is 1.88 bits per heavy atom. The molecule has 3 N–H and O–H groups in total. The van der Waals surface area contributed by atoms with E-state index in [2.05, 4.69) is 9.26 Å². The van der Waals surface area contributed by atoms with Crippen LogP contribution in [-0.4, -0.2) is 59.7 Å². The molecule has 0 fully saturated rings. The molecule has 9 nitrogen and oxygen atoms in total. The van der Waals surface area contributed by atoms with Gasteiger partial charge in [-0.05, 0) is 0 Å². The Balaban J connectivity index is 4.25. The van der Waals surface area contributed by atoms with Crippen LogP contribution in [0.25, 0.3) is 0 Å². The molecule has 0 aromatic rings. The second kappa shape index (κ2) is 7.14. The van der Waals surface area contributed by atoms with Crippen LogP contribution in [0.4, 0.5) is 0 Å². The molecule has 0 aliphatic heterocycles. The minimum Gasteiger partial charge on any atom is -0.790 e. The summed E-state index contributed by atoms with van der Waals surface area (Å²) < 4.78 is 18.1. The van der Waals surface area contributed by atoms with Gasteiger partial charge in [0.05, 0.1) is 14.4 Å². The first-order chi connectivity index (χ1) is 7.69. The molecule has 0 saturated carbocycles. The van der Waals surface area contributed by atoms with Crippen molar-refractivity contribution < 1.29 is 43.7 Å². The molecule has 0 rings (SSSR count). The number of methoxy groups -OCH3 is 1. The number of carbonyl (C=O) groups excluding carboxylic acids is 1. The largest absolute Gasteiger partial charge is 0.790 e. The number of ketones is 1. The molecule has 0 aromatic heterocycles. The molecule has 0 heterocycles. The first kappa shape index (κ1) is 16.6. The number of rotatable bonds is 8. The van der Waals surface area contributed by atoms with Crippen LogP contribution < -0.4 is 9.79 Å². The molecule has 102 valence electrons. The number of aliphatic hydroxyl groups is 3. The summed E-state index contributed by atoms with van der Waals surface area (Å²) >= 11 is 0. The fourth-order valence-electron chi connectivity index (χ4n) is 0.898. The molecule has 17 heavy (non-hydrogen) atoms. The number of carbonyl (C=O) groups is 1. The van der Waals surface area contributed by atoms with E-state index in [1.807, 2.05) is 0 Å². The zero-order chi connectivity index (χ0) is 13.6. The average Bonchev–Trinajstić information content (AvgIpc) is 2.23. The maximum Gasteiger partial charge on any atom is 0.189 e. The highest BCUT2D eigenvalue weighted by Gasteiger charge is 2.30. The van der Waals surface area contributed by atoms with Gasteiger partial charge in [0, 0.05) is 7.11 Å². The Bertz CT molecular complexity index is 287. The standard InChI is InChI=1S/C7H15O9P/c1-15-2-4(8)6(10)7(11)5(9)3-16-17(12,13)14/h4,6-8,10-11H,2-3H2,1H3,(H2,12,13,14)/p-2/t4?,6-,7+/m1/s1. The Hall–Kier alpha value is -0.380. The lowest BCUT2D eigenvalue weighted by atomic mass is 10.1. The van der Waals surface area contributed by atoms with Gasteiger partial charge < -0.3 is 38.9 Å². The Labute approximate surface area is 96.8 Å². The van der Waals surface area contributed by atoms with Gasteiger partial charge in [0.1, 0.15) is 24.9 Å². The van der Waals surface area contributed by atoms with Gasteiger partial charge in [-0.1, -0.05) is 0 Å². The lowest BCUT2D eigenvalue weighted by Crippen LogP contribution is -2.45. The van der Waals surface area contributed by atoms with Crippen LogP contribution in [0.5, 0.6) is 0 Å². The van der Waals surface area contributed by atoms with Gasteiger partial charge in [0.25, 0.3) is 0 Å². The van der Waals surface area contributed by atoms with Crippen molar-refractivity contribution in [2.75, 3.05) is 20.3 Å². The molecule has 0 amide bonds. The molecule has 10 heteroatoms. The molecule has 0 spiro atoms. The van der Waals surface area contributed by atoms with E-state index < -0.39 is 38.5 Å². The van der Waals surface area contributed by atoms with Gasteiger partial charge in [-0.3, -0.25) is 4.79 Å². The highest BCUT2D eigenvalue weighted by molar-refractivity contribution is 7.43. The molecular formula is C7H13O9P-2. The lowest BCUT2D eigenvalue weighted by Gasteiger charge is -2.29. The smallest absolute Gasteiger partial charge is 0.189 e. The molecule has 0 aliphatic rings. The van der Waals surface area contributed by atoms with Crippen LogP contribution in [0.1, 0.15) is 0 Å². The first-order valence-electron chi connectivity index (χ1n) is 4.41. The van der Waals surface area contributed by atoms with Crippen molar-refractivity contribution >= 4 is 13.6 Å². The quantitative estimate of drug-likeness (QED) is 0.375. The van der Waals surface area contributed by atoms with E-state index in [1.165, 1.54) is 7.11 Å². The third kappa shape index (κ3) is 6.81. The van der Waals surface area contributed by atoms with E-state index in [9.17, 15) is 29.4 Å². The van der Waals surface area contributed by atoms with Gasteiger partial charge in [-0.2, -0.15) is 0 Å². The molecule has 0 bridgehead atoms. The average molecular weight is 272 g/mol. The van der Waals surface area contributed by atoms with Crippen molar-refractivity contribution in [1.82, 2.24) is 0 Å². The number of phosphoric ester groups is 1. The second-order valence-electron chi connectivity index (χ2n) is 3.15. The maximum atomic E-state index is 11.1. The van der Waals surface area contributed by atoms with Crippen molar-refractivity contribution in [3.05, 3.63) is 0 Å². The van der Waals surface area contributed by atoms with Gasteiger partial charge in [0.2, 0.25) is 0 Å². The summed E-state index contributed by atoms with van der Waals surface area (Å²) in [5, 5.41) is 27.6. The number of aliphatic hydroxyl groups excluding tert-OH is 3. The predicted octanol–water partition coefficient (Wildman–Crippen LogP) is -3.87. The number of ether oxygens (including phenoxy) is 1. The summed E-state index contributed by atoms with van der Waals surface area (Å²) in [6.45, 7) is -1.55. The molecule has 0 saturated heterocycles. The fourth-order valence-corrected chi connectivity index (χ4v) is 1.18. The minimum atomic E-state index is -5.33. The third-order valence-electron chi connectivity index (χ3n) is 1.75. The Kier molecular flexibility index (Phi) is 6.98. The first-order valence-corrected chi connectivity index (χ1v) is 5.87. The number of Topliss-reactive ketones (excluding diaryl/α,β-unsaturated/α-hetero) is 1. The van der Waals surface area contributed by atoms with Gasteiger partial charge in [-0.25, -0.2) is 0 Å². The van der Waals surface area contributed by atoms with E-state index in [0.29, 0.717) is 0 Å². The summed E-state index contributed by atoms with van der Waals surface area (Å²) in [6.07, 6.45) is -5.49. The summed E-state index contributed by atoms with van der Waals surface area (Å²) in [6, 6.07) is 0. The predicted molar refractivity (Wildman–Crippen MR) is 48.5 cm³/mol. The monoisotopic (exact) mass is 272 g/mol. The number of hydrogen-bond donors (Lipinski definition) is 3. The van der Waals surface area contributed by atoms with E-state index >= 15 is 0 Å². The fraction of sp³-hybridized carbons (Fsp3) is 0.857. The van der Waals surface area contributed by atoms with Crippen molar-refractivity contribution in [2.45, 2.75) is 18.3 Å². The van der Waals surface area contributed by atoms with Crippen molar-refractivity contribution in [3.63, 3.8) is 0 Å². The second-order valence-corrected chi connectivity index (χ2v) is 4.30. The van der Waals surface area contributed by atoms with Crippen LogP contribution in [0, 0.1) is 0 Å². The lowest BCUT2D eigenvalue weighted by molar-refractivity contribution is -0.341. The van der Waals surface area contributed by atoms with Crippen molar-refractivity contribution in [1.29, 1.82) is 0 Å². The summed E-state index contributed by atoms with van der Waals surface area (Å²) in [5.74, 6) is -1.25. The van der Waals surface area contributed by atoms with Crippen molar-refractivity contribution in [3.8, 4) is 0 Å². The van der Waals surface area contributed by atoms with Crippen molar-refractivity contribution in [2.24, 2.45) is 0 Å². The molecule has 0 radical (unpaired) electrons. The number of phosphoric acid groups is 1. The number of hydrogen-bond acceptors (Lipinski definition) is 9. The van der Waals surface area contributed by atoms with Crippen LogP contribution in [-0.2, 0) is 18.6 Å². The topological polar surface area (TPSA) is 159 Å². The Morgan fingerprint density at radius 3 is 2.29 bits per heavy atom. The summed E-state index contributed by atoms with van der Waals surface area (Å²) in [5.41, 5.74) is 0. The molecular weight excluding hydrogens is 259 g/mol. The third-order valence-corrected chi connectivity index (χ3v) is 2.20. The zero-order valence-electron chi connectivity index (χ0n) is 8.88. The van der Waals surface area contributed by atoms with Crippen LogP contribution >= 0.6 is 7.82 Å². The van der Waals surface area contributed by atoms with E-state index in [4.69, 9.17) is 5.11 Å². The Morgan fingerprint density at radius 1 is 1.35 bits per heavy atom. The van der Waals surface area contributed by atoms with E-state index in [1.54, 1.807) is 0 Å².